The normalized spacial score (nSPS) is 16.1. The van der Waals surface area contributed by atoms with E-state index in [1.165, 1.54) is 5.01 Å². The fourth-order valence-electron chi connectivity index (χ4n) is 2.29. The number of amides is 1. The smallest absolute Gasteiger partial charge is 0.286 e. The summed E-state index contributed by atoms with van der Waals surface area (Å²) in [5.74, 6) is -0.188. The van der Waals surface area contributed by atoms with Crippen LogP contribution in [-0.4, -0.2) is 40.7 Å². The topological polar surface area (TPSA) is 56.1 Å². The van der Waals surface area contributed by atoms with Gasteiger partial charge in [-0.05, 0) is 42.1 Å². The van der Waals surface area contributed by atoms with Crippen LogP contribution in [0, 0.1) is 0 Å². The maximum atomic E-state index is 12.5. The molecule has 3 rings (SSSR count). The first kappa shape index (κ1) is 18.2. The zero-order valence-electron chi connectivity index (χ0n) is 14.3. The molecule has 1 saturated heterocycles. The summed E-state index contributed by atoms with van der Waals surface area (Å²) < 4.78 is 0.359. The van der Waals surface area contributed by atoms with Crippen molar-refractivity contribution in [2.75, 3.05) is 19.0 Å². The van der Waals surface area contributed by atoms with Gasteiger partial charge in [0.2, 0.25) is 0 Å². The van der Waals surface area contributed by atoms with Gasteiger partial charge in [-0.15, -0.1) is 0 Å². The zero-order chi connectivity index (χ0) is 18.7. The Bertz CT molecular complexity index is 905. The Morgan fingerprint density at radius 2 is 1.85 bits per heavy atom. The Morgan fingerprint density at radius 3 is 2.50 bits per heavy atom. The van der Waals surface area contributed by atoms with E-state index in [0.717, 1.165) is 23.0 Å². The van der Waals surface area contributed by atoms with Crippen LogP contribution < -0.4 is 4.90 Å². The lowest BCUT2D eigenvalue weighted by atomic mass is 10.2. The average molecular weight is 383 g/mol. The highest BCUT2D eigenvalue weighted by Crippen LogP contribution is 2.34. The quantitative estimate of drug-likeness (QED) is 0.496. The van der Waals surface area contributed by atoms with Crippen molar-refractivity contribution in [3.05, 3.63) is 64.6 Å². The van der Waals surface area contributed by atoms with Gasteiger partial charge in [0, 0.05) is 25.3 Å². The lowest BCUT2D eigenvalue weighted by molar-refractivity contribution is -0.122. The van der Waals surface area contributed by atoms with E-state index in [1.54, 1.807) is 36.6 Å². The van der Waals surface area contributed by atoms with Crippen LogP contribution in [0.3, 0.4) is 0 Å². The van der Waals surface area contributed by atoms with Gasteiger partial charge in [-0.2, -0.15) is 10.1 Å². The largest absolute Gasteiger partial charge is 0.507 e. The Hall–Kier alpha value is -2.64. The van der Waals surface area contributed by atoms with E-state index in [0.29, 0.717) is 14.8 Å². The van der Waals surface area contributed by atoms with Gasteiger partial charge in [0.05, 0.1) is 11.1 Å². The van der Waals surface area contributed by atoms with Crippen molar-refractivity contribution in [3.63, 3.8) is 0 Å². The minimum Gasteiger partial charge on any atom is -0.507 e. The second kappa shape index (κ2) is 7.72. The molecule has 132 valence electrons. The molecule has 7 heteroatoms. The monoisotopic (exact) mass is 383 g/mol. The van der Waals surface area contributed by atoms with Crippen molar-refractivity contribution in [2.24, 2.45) is 5.10 Å². The van der Waals surface area contributed by atoms with Gasteiger partial charge in [-0.1, -0.05) is 42.1 Å². The lowest BCUT2D eigenvalue weighted by Gasteiger charge is -2.12. The van der Waals surface area contributed by atoms with Crippen molar-refractivity contribution in [1.82, 2.24) is 5.01 Å². The number of rotatable bonds is 4. The number of phenols is 1. The highest BCUT2D eigenvalue weighted by atomic mass is 32.2. The molecule has 2 aromatic rings. The zero-order valence-corrected chi connectivity index (χ0v) is 15.9. The fourth-order valence-corrected chi connectivity index (χ4v) is 3.46. The first-order chi connectivity index (χ1) is 12.5. The number of thioether (sulfide) groups is 1. The predicted molar refractivity (Wildman–Crippen MR) is 111 cm³/mol. The minimum absolute atomic E-state index is 0.113. The van der Waals surface area contributed by atoms with Gasteiger partial charge in [-0.3, -0.25) is 4.79 Å². The van der Waals surface area contributed by atoms with Crippen LogP contribution in [-0.2, 0) is 4.79 Å². The van der Waals surface area contributed by atoms with E-state index in [-0.39, 0.29) is 11.7 Å². The standard InChI is InChI=1S/C19H17N3O2S2/c1-21(2)15-9-7-13(8-10-15)12-20-22-18(24)17(26-19(22)25)11-14-5-3-4-6-16(14)23/h3-12,23H,1-2H3/b17-11+,20-12+. The molecule has 1 aliphatic rings. The number of para-hydroxylation sites is 1. The summed E-state index contributed by atoms with van der Waals surface area (Å²) in [6.45, 7) is 0. The number of hydrogen-bond acceptors (Lipinski definition) is 6. The summed E-state index contributed by atoms with van der Waals surface area (Å²) in [6, 6.07) is 14.6. The molecule has 0 aromatic heterocycles. The second-order valence-corrected chi connectivity index (χ2v) is 7.46. The molecule has 0 radical (unpaired) electrons. The van der Waals surface area contributed by atoms with Crippen molar-refractivity contribution in [1.29, 1.82) is 0 Å². The maximum Gasteiger partial charge on any atom is 0.286 e. The number of aromatic hydroxyl groups is 1. The van der Waals surface area contributed by atoms with Crippen LogP contribution >= 0.6 is 24.0 Å². The van der Waals surface area contributed by atoms with E-state index in [1.807, 2.05) is 43.3 Å². The Balaban J connectivity index is 1.78. The summed E-state index contributed by atoms with van der Waals surface area (Å²) in [6.07, 6.45) is 3.23. The molecular weight excluding hydrogens is 366 g/mol. The van der Waals surface area contributed by atoms with E-state index in [2.05, 4.69) is 5.10 Å². The predicted octanol–water partition coefficient (Wildman–Crippen LogP) is 3.69. The summed E-state index contributed by atoms with van der Waals surface area (Å²) in [7, 11) is 3.94. The molecule has 0 bridgehead atoms. The number of phenolic OH excluding ortho intramolecular Hbond substituents is 1. The Morgan fingerprint density at radius 1 is 1.15 bits per heavy atom. The van der Waals surface area contributed by atoms with Gasteiger partial charge < -0.3 is 10.0 Å². The third kappa shape index (κ3) is 3.95. The fraction of sp³-hybridized carbons (Fsp3) is 0.105. The summed E-state index contributed by atoms with van der Waals surface area (Å²) in [5, 5.41) is 15.3. The maximum absolute atomic E-state index is 12.5. The molecule has 0 aliphatic carbocycles. The number of anilines is 1. The van der Waals surface area contributed by atoms with Crippen molar-refractivity contribution in [3.8, 4) is 5.75 Å². The highest BCUT2D eigenvalue weighted by molar-refractivity contribution is 8.26. The van der Waals surface area contributed by atoms with Crippen molar-refractivity contribution in [2.45, 2.75) is 0 Å². The Kier molecular flexibility index (Phi) is 5.39. The SMILES string of the molecule is CN(C)c1ccc(/C=N/N2C(=O)/C(=C\c3ccccc3O)SC2=S)cc1. The van der Waals surface area contributed by atoms with Gasteiger partial charge in [0.1, 0.15) is 5.75 Å². The molecule has 1 amide bonds. The van der Waals surface area contributed by atoms with Crippen molar-refractivity contribution < 1.29 is 9.90 Å². The number of benzene rings is 2. The van der Waals surface area contributed by atoms with Gasteiger partial charge in [0.25, 0.3) is 5.91 Å². The van der Waals surface area contributed by atoms with Crippen LogP contribution in [0.25, 0.3) is 6.08 Å². The van der Waals surface area contributed by atoms with E-state index in [9.17, 15) is 9.90 Å². The van der Waals surface area contributed by atoms with Gasteiger partial charge >= 0.3 is 0 Å². The molecule has 0 unspecified atom stereocenters. The van der Waals surface area contributed by atoms with Crippen LogP contribution in [0.5, 0.6) is 5.75 Å². The second-order valence-electron chi connectivity index (χ2n) is 5.78. The average Bonchev–Trinajstić information content (AvgIpc) is 2.89. The first-order valence-corrected chi connectivity index (χ1v) is 9.05. The number of carbonyl (C=O) groups is 1. The molecule has 1 fully saturated rings. The number of hydrazone groups is 1. The third-order valence-corrected chi connectivity index (χ3v) is 5.01. The van der Waals surface area contributed by atoms with E-state index < -0.39 is 0 Å². The first-order valence-electron chi connectivity index (χ1n) is 7.83. The third-order valence-electron chi connectivity index (χ3n) is 3.73. The van der Waals surface area contributed by atoms with Crippen LogP contribution in [0.15, 0.2) is 58.5 Å². The highest BCUT2D eigenvalue weighted by Gasteiger charge is 2.32. The van der Waals surface area contributed by atoms with E-state index in [4.69, 9.17) is 12.2 Å². The Labute approximate surface area is 161 Å². The van der Waals surface area contributed by atoms with Gasteiger partial charge in [0.15, 0.2) is 4.32 Å². The summed E-state index contributed by atoms with van der Waals surface area (Å²) in [4.78, 5) is 15.0. The van der Waals surface area contributed by atoms with Gasteiger partial charge in [-0.25, -0.2) is 0 Å². The lowest BCUT2D eigenvalue weighted by Crippen LogP contribution is -2.22. The molecule has 0 saturated carbocycles. The number of thiocarbonyl (C=S) groups is 1. The molecule has 0 atom stereocenters. The molecule has 1 N–H and O–H groups in total. The van der Waals surface area contributed by atoms with Crippen LogP contribution in [0.2, 0.25) is 0 Å². The molecule has 1 aliphatic heterocycles. The molecular formula is C19H17N3O2S2. The van der Waals surface area contributed by atoms with E-state index >= 15 is 0 Å². The molecule has 0 spiro atoms. The van der Waals surface area contributed by atoms with Crippen molar-refractivity contribution >= 4 is 52.2 Å². The van der Waals surface area contributed by atoms with Crippen LogP contribution in [0.1, 0.15) is 11.1 Å². The minimum atomic E-state index is -0.301. The molecule has 26 heavy (non-hydrogen) atoms. The molecule has 1 heterocycles. The number of nitrogens with zero attached hydrogens (tertiary/aromatic N) is 3. The number of carbonyl (C=O) groups excluding carboxylic acids is 1. The molecule has 2 aromatic carbocycles. The molecule has 5 nitrogen and oxygen atoms in total. The summed E-state index contributed by atoms with van der Waals surface area (Å²) >= 11 is 6.42. The van der Waals surface area contributed by atoms with Crippen LogP contribution in [0.4, 0.5) is 5.69 Å². The number of hydrogen-bond donors (Lipinski definition) is 1. The summed E-state index contributed by atoms with van der Waals surface area (Å²) in [5.41, 5.74) is 2.52.